The van der Waals surface area contributed by atoms with E-state index < -0.39 is 0 Å². The molecule has 4 aromatic rings. The molecule has 0 unspecified atom stereocenters. The highest BCUT2D eigenvalue weighted by Gasteiger charge is 2.11. The topological polar surface area (TPSA) is 39.0 Å². The smallest absolute Gasteiger partial charge is 0.253 e. The van der Waals surface area contributed by atoms with Crippen molar-refractivity contribution in [3.8, 4) is 11.1 Å². The molecule has 0 aliphatic carbocycles. The van der Waals surface area contributed by atoms with Gasteiger partial charge < -0.3 is 13.9 Å². The van der Waals surface area contributed by atoms with E-state index in [0.717, 1.165) is 28.9 Å². The van der Waals surface area contributed by atoms with Crippen molar-refractivity contribution in [3.63, 3.8) is 0 Å². The number of anilines is 1. The number of rotatable bonds is 5. The van der Waals surface area contributed by atoms with E-state index in [1.54, 1.807) is 23.6 Å². The third-order valence-electron chi connectivity index (χ3n) is 4.99. The van der Waals surface area contributed by atoms with Crippen LogP contribution in [0.25, 0.3) is 22.0 Å². The van der Waals surface area contributed by atoms with Gasteiger partial charge in [-0.15, -0.1) is 0 Å². The van der Waals surface area contributed by atoms with Gasteiger partial charge in [0.1, 0.15) is 0 Å². The van der Waals surface area contributed by atoms with E-state index in [1.165, 1.54) is 16.5 Å². The summed E-state index contributed by atoms with van der Waals surface area (Å²) in [6, 6.07) is 19.0. The van der Waals surface area contributed by atoms with Crippen LogP contribution in [0.3, 0.4) is 0 Å². The van der Waals surface area contributed by atoms with Crippen molar-refractivity contribution in [2.75, 3.05) is 11.0 Å². The molecule has 0 atom stereocenters. The number of fused-ring (bicyclic) bond motifs is 1. The fraction of sp³-hybridized carbons (Fsp3) is 0.174. The lowest BCUT2D eigenvalue weighted by atomic mass is 10.0. The van der Waals surface area contributed by atoms with Crippen LogP contribution in [0, 0.1) is 6.92 Å². The Bertz CT molecular complexity index is 1170. The zero-order valence-corrected chi connectivity index (χ0v) is 17.1. The van der Waals surface area contributed by atoms with Crippen molar-refractivity contribution in [1.29, 1.82) is 0 Å². The predicted octanol–water partition coefficient (Wildman–Crippen LogP) is 5.05. The maximum absolute atomic E-state index is 12.1. The van der Waals surface area contributed by atoms with Crippen LogP contribution in [0.5, 0.6) is 0 Å². The lowest BCUT2D eigenvalue weighted by Gasteiger charge is -2.13. The molecular formula is C23H23N3OS. The summed E-state index contributed by atoms with van der Waals surface area (Å²) in [6.07, 6.45) is 6.07. The van der Waals surface area contributed by atoms with Crippen LogP contribution in [-0.4, -0.2) is 15.4 Å². The van der Waals surface area contributed by atoms with Crippen LogP contribution in [0.1, 0.15) is 11.1 Å². The Balaban J connectivity index is 1.88. The van der Waals surface area contributed by atoms with Crippen molar-refractivity contribution in [2.45, 2.75) is 13.5 Å². The van der Waals surface area contributed by atoms with Gasteiger partial charge in [0.05, 0.1) is 11.2 Å². The molecule has 142 valence electrons. The zero-order valence-electron chi connectivity index (χ0n) is 16.3. The maximum atomic E-state index is 12.1. The monoisotopic (exact) mass is 389 g/mol. The molecule has 4 rings (SSSR count). The first-order chi connectivity index (χ1) is 13.6. The fourth-order valence-electron chi connectivity index (χ4n) is 3.61. The Morgan fingerprint density at radius 2 is 1.82 bits per heavy atom. The zero-order chi connectivity index (χ0) is 19.7. The van der Waals surface area contributed by atoms with Crippen LogP contribution >= 0.6 is 11.9 Å². The summed E-state index contributed by atoms with van der Waals surface area (Å²) in [7, 11) is 1.80. The number of hydrogen-bond donors (Lipinski definition) is 1. The Hall–Kier alpha value is -2.92. The molecule has 0 saturated heterocycles. The number of nitrogens with one attached hydrogen (secondary N) is 1. The molecule has 0 fully saturated rings. The average Bonchev–Trinajstić information content (AvgIpc) is 3.10. The van der Waals surface area contributed by atoms with E-state index in [9.17, 15) is 4.79 Å². The Morgan fingerprint density at radius 1 is 1.04 bits per heavy atom. The Labute approximate surface area is 169 Å². The lowest BCUT2D eigenvalue weighted by Crippen LogP contribution is -2.18. The van der Waals surface area contributed by atoms with Gasteiger partial charge in [-0.2, -0.15) is 0 Å². The SMILES string of the molecule is CSNc1cc(-c2cc(C)c(=O)n(C)c2)cc2c1ccn2Cc1ccccc1. The van der Waals surface area contributed by atoms with Crippen LogP contribution in [-0.2, 0) is 13.6 Å². The van der Waals surface area contributed by atoms with Crippen molar-refractivity contribution >= 4 is 28.5 Å². The molecule has 2 aromatic heterocycles. The molecule has 0 saturated carbocycles. The third kappa shape index (κ3) is 3.45. The third-order valence-corrected chi connectivity index (χ3v) is 5.42. The second-order valence-electron chi connectivity index (χ2n) is 7.02. The van der Waals surface area contributed by atoms with Crippen molar-refractivity contribution in [3.05, 3.63) is 88.5 Å². The van der Waals surface area contributed by atoms with E-state index in [0.29, 0.717) is 0 Å². The molecule has 0 radical (unpaired) electrons. The van der Waals surface area contributed by atoms with Gasteiger partial charge in [0, 0.05) is 43.2 Å². The standard InChI is InChI=1S/C23H23N3OS/c1-16-11-19(15-25(2)23(16)27)18-12-21(24-28-3)20-9-10-26(22(20)13-18)14-17-7-5-4-6-8-17/h4-13,15,24H,14H2,1-3H3. The van der Waals surface area contributed by atoms with Gasteiger partial charge >= 0.3 is 0 Å². The predicted molar refractivity (Wildman–Crippen MR) is 120 cm³/mol. The van der Waals surface area contributed by atoms with Crippen LogP contribution < -0.4 is 10.3 Å². The molecule has 0 amide bonds. The lowest BCUT2D eigenvalue weighted by molar-refractivity contribution is 0.837. The number of nitrogens with zero attached hydrogens (tertiary/aromatic N) is 2. The van der Waals surface area contributed by atoms with E-state index in [1.807, 2.05) is 31.5 Å². The van der Waals surface area contributed by atoms with E-state index in [2.05, 4.69) is 58.0 Å². The number of pyridine rings is 1. The average molecular weight is 390 g/mol. The van der Waals surface area contributed by atoms with Gasteiger partial charge in [-0.05, 0) is 47.9 Å². The number of aryl methyl sites for hydroxylation is 2. The van der Waals surface area contributed by atoms with Crippen LogP contribution in [0.2, 0.25) is 0 Å². The van der Waals surface area contributed by atoms with Gasteiger partial charge in [-0.1, -0.05) is 42.3 Å². The number of aromatic nitrogens is 2. The van der Waals surface area contributed by atoms with E-state index >= 15 is 0 Å². The molecule has 0 aliphatic heterocycles. The van der Waals surface area contributed by atoms with Gasteiger partial charge in [0.2, 0.25) is 0 Å². The minimum atomic E-state index is 0.0414. The van der Waals surface area contributed by atoms with Crippen molar-refractivity contribution in [2.24, 2.45) is 7.05 Å². The summed E-state index contributed by atoms with van der Waals surface area (Å²) < 4.78 is 7.34. The van der Waals surface area contributed by atoms with Crippen LogP contribution in [0.15, 0.2) is 71.8 Å². The molecule has 0 bridgehead atoms. The summed E-state index contributed by atoms with van der Waals surface area (Å²) in [6.45, 7) is 2.68. The summed E-state index contributed by atoms with van der Waals surface area (Å²) in [5.41, 5.74) is 6.44. The molecule has 0 aliphatic rings. The molecule has 2 heterocycles. The van der Waals surface area contributed by atoms with Crippen LogP contribution in [0.4, 0.5) is 5.69 Å². The van der Waals surface area contributed by atoms with Crippen molar-refractivity contribution in [1.82, 2.24) is 9.13 Å². The largest absolute Gasteiger partial charge is 0.343 e. The molecule has 5 heteroatoms. The molecule has 4 nitrogen and oxygen atoms in total. The maximum Gasteiger partial charge on any atom is 0.253 e. The molecular weight excluding hydrogens is 366 g/mol. The fourth-order valence-corrected chi connectivity index (χ4v) is 4.00. The van der Waals surface area contributed by atoms with Gasteiger partial charge in [0.15, 0.2) is 0 Å². The minimum Gasteiger partial charge on any atom is -0.343 e. The highest BCUT2D eigenvalue weighted by molar-refractivity contribution is 7.99. The Kier molecular flexibility index (Phi) is 5.01. The van der Waals surface area contributed by atoms with Gasteiger partial charge in [-0.3, -0.25) is 4.79 Å². The minimum absolute atomic E-state index is 0.0414. The van der Waals surface area contributed by atoms with Gasteiger partial charge in [0.25, 0.3) is 5.56 Å². The molecule has 2 aromatic carbocycles. The second-order valence-corrected chi connectivity index (χ2v) is 7.63. The van der Waals surface area contributed by atoms with E-state index in [4.69, 9.17) is 0 Å². The quantitative estimate of drug-likeness (QED) is 0.485. The number of hydrogen-bond acceptors (Lipinski definition) is 3. The number of benzene rings is 2. The first kappa shape index (κ1) is 18.4. The summed E-state index contributed by atoms with van der Waals surface area (Å²) in [4.78, 5) is 12.1. The first-order valence-electron chi connectivity index (χ1n) is 9.20. The highest BCUT2D eigenvalue weighted by atomic mass is 32.2. The molecule has 0 spiro atoms. The normalized spacial score (nSPS) is 11.1. The first-order valence-corrected chi connectivity index (χ1v) is 10.4. The summed E-state index contributed by atoms with van der Waals surface area (Å²) in [5, 5.41) is 1.19. The van der Waals surface area contributed by atoms with Gasteiger partial charge in [-0.25, -0.2) is 0 Å². The molecule has 28 heavy (non-hydrogen) atoms. The van der Waals surface area contributed by atoms with E-state index in [-0.39, 0.29) is 5.56 Å². The Morgan fingerprint density at radius 3 is 2.54 bits per heavy atom. The highest BCUT2D eigenvalue weighted by Crippen LogP contribution is 2.33. The molecule has 1 N–H and O–H groups in total. The summed E-state index contributed by atoms with van der Waals surface area (Å²) >= 11 is 1.58. The second kappa shape index (κ2) is 7.60. The summed E-state index contributed by atoms with van der Waals surface area (Å²) in [5.74, 6) is 0. The van der Waals surface area contributed by atoms with Crippen molar-refractivity contribution < 1.29 is 0 Å².